The minimum Gasteiger partial charge on any atom is -0.465 e. The van der Waals surface area contributed by atoms with Crippen molar-refractivity contribution in [2.75, 3.05) is 29.3 Å². The van der Waals surface area contributed by atoms with E-state index in [1.165, 1.54) is 15.7 Å². The van der Waals surface area contributed by atoms with Crippen LogP contribution in [0, 0.1) is 12.3 Å². The summed E-state index contributed by atoms with van der Waals surface area (Å²) in [7, 11) is -0.684. The molecule has 0 amide bonds. The molecule has 7 heteroatoms. The number of carbonyl (C=O) groups is 1. The maximum atomic E-state index is 12.9. The molecule has 2 aromatic rings. The van der Waals surface area contributed by atoms with Gasteiger partial charge in [0.05, 0.1) is 24.0 Å². The minimum absolute atomic E-state index is 0.181. The lowest BCUT2D eigenvalue weighted by molar-refractivity contribution is 0.0601. The summed E-state index contributed by atoms with van der Waals surface area (Å²) >= 11 is 0. The molecule has 0 unspecified atom stereocenters. The van der Waals surface area contributed by atoms with Crippen molar-refractivity contribution in [2.45, 2.75) is 27.7 Å². The topological polar surface area (TPSA) is 66.9 Å². The summed E-state index contributed by atoms with van der Waals surface area (Å²) in [6, 6.07) is 11.0. The molecule has 0 aliphatic carbocycles. The fourth-order valence-corrected chi connectivity index (χ4v) is 4.97. The first-order valence-corrected chi connectivity index (χ1v) is 10.5. The molecule has 1 aliphatic rings. The van der Waals surface area contributed by atoms with Gasteiger partial charge < -0.3 is 4.74 Å². The molecule has 6 nitrogen and oxygen atoms in total. The zero-order valence-electron chi connectivity index (χ0n) is 17.1. The van der Waals surface area contributed by atoms with Gasteiger partial charge in [0, 0.05) is 13.6 Å². The van der Waals surface area contributed by atoms with Crippen molar-refractivity contribution in [3.63, 3.8) is 0 Å². The van der Waals surface area contributed by atoms with Gasteiger partial charge in [-0.25, -0.2) is 4.79 Å². The fourth-order valence-electron chi connectivity index (χ4n) is 3.33. The second-order valence-electron chi connectivity index (χ2n) is 8.27. The molecule has 3 rings (SSSR count). The van der Waals surface area contributed by atoms with Crippen LogP contribution in [0.5, 0.6) is 0 Å². The number of fused-ring (bicyclic) bond motifs is 1. The largest absolute Gasteiger partial charge is 0.465 e. The first kappa shape index (κ1) is 20.2. The van der Waals surface area contributed by atoms with Crippen molar-refractivity contribution < 1.29 is 17.9 Å². The lowest BCUT2D eigenvalue weighted by Gasteiger charge is -2.27. The van der Waals surface area contributed by atoms with E-state index in [1.54, 1.807) is 19.2 Å². The Balaban J connectivity index is 2.11. The number of ether oxygens (including phenoxy) is 1. The van der Waals surface area contributed by atoms with Crippen molar-refractivity contribution in [3.8, 4) is 11.1 Å². The second kappa shape index (κ2) is 6.81. The number of aryl methyl sites for hydroxylation is 1. The quantitative estimate of drug-likeness (QED) is 0.728. The molecule has 0 saturated heterocycles. The molecular weight excluding hydrogens is 376 g/mol. The lowest BCUT2D eigenvalue weighted by atomic mass is 9.95. The number of nitrogens with zero attached hydrogens (tertiary/aromatic N) is 2. The molecule has 0 radical (unpaired) electrons. The van der Waals surface area contributed by atoms with Crippen LogP contribution in [0.15, 0.2) is 36.4 Å². The van der Waals surface area contributed by atoms with Crippen LogP contribution in [-0.2, 0) is 14.9 Å². The Morgan fingerprint density at radius 3 is 2.36 bits per heavy atom. The predicted molar refractivity (Wildman–Crippen MR) is 112 cm³/mol. The number of rotatable bonds is 3. The first-order valence-electron chi connectivity index (χ1n) is 9.06. The van der Waals surface area contributed by atoms with Crippen LogP contribution in [-0.4, -0.2) is 35.1 Å². The summed E-state index contributed by atoms with van der Waals surface area (Å²) in [5, 5.41) is 0. The Morgan fingerprint density at radius 2 is 1.75 bits per heavy atom. The van der Waals surface area contributed by atoms with Crippen LogP contribution >= 0.6 is 0 Å². The maximum absolute atomic E-state index is 12.9. The van der Waals surface area contributed by atoms with Gasteiger partial charge in [0.1, 0.15) is 0 Å². The standard InChI is InChI=1S/C21H26N2O4S/c1-14-7-8-16(20(24)27-6)11-17(14)15-9-10-18-19(12-15)22(5)28(25,26)23(18)13-21(2,3)4/h7-12H,13H2,1-6H3. The average Bonchev–Trinajstić information content (AvgIpc) is 2.81. The summed E-state index contributed by atoms with van der Waals surface area (Å²) in [5.41, 5.74) is 4.28. The number of hydrogen-bond donors (Lipinski definition) is 0. The number of esters is 1. The highest BCUT2D eigenvalue weighted by Gasteiger charge is 2.39. The van der Waals surface area contributed by atoms with Crippen LogP contribution in [0.2, 0.25) is 0 Å². The zero-order valence-corrected chi connectivity index (χ0v) is 17.9. The number of methoxy groups -OCH3 is 1. The van der Waals surface area contributed by atoms with Crippen LogP contribution < -0.4 is 8.61 Å². The maximum Gasteiger partial charge on any atom is 0.337 e. The van der Waals surface area contributed by atoms with Crippen LogP contribution in [0.25, 0.3) is 11.1 Å². The highest BCUT2D eigenvalue weighted by atomic mass is 32.2. The molecule has 150 valence electrons. The minimum atomic E-state index is -3.60. The highest BCUT2D eigenvalue weighted by molar-refractivity contribution is 7.94. The highest BCUT2D eigenvalue weighted by Crippen LogP contribution is 2.43. The van der Waals surface area contributed by atoms with Gasteiger partial charge in [-0.1, -0.05) is 32.9 Å². The molecule has 0 spiro atoms. The van der Waals surface area contributed by atoms with Crippen molar-refractivity contribution in [2.24, 2.45) is 5.41 Å². The van der Waals surface area contributed by atoms with Crippen molar-refractivity contribution >= 4 is 27.6 Å². The molecule has 2 aromatic carbocycles. The predicted octanol–water partition coefficient (Wildman–Crippen LogP) is 4.00. The van der Waals surface area contributed by atoms with E-state index >= 15 is 0 Å². The van der Waals surface area contributed by atoms with Gasteiger partial charge in [-0.15, -0.1) is 0 Å². The molecule has 0 fully saturated rings. The Morgan fingerprint density at radius 1 is 1.07 bits per heavy atom. The van der Waals surface area contributed by atoms with E-state index in [9.17, 15) is 13.2 Å². The summed E-state index contributed by atoms with van der Waals surface area (Å²) in [5.74, 6) is -0.404. The molecule has 0 atom stereocenters. The second-order valence-corrected chi connectivity index (χ2v) is 10.2. The molecule has 0 N–H and O–H groups in total. The molecule has 28 heavy (non-hydrogen) atoms. The van der Waals surface area contributed by atoms with Gasteiger partial charge in [-0.05, 0) is 53.3 Å². The van der Waals surface area contributed by atoms with E-state index in [1.807, 2.05) is 52.0 Å². The Hall–Kier alpha value is -2.54. The van der Waals surface area contributed by atoms with Crippen molar-refractivity contribution in [1.82, 2.24) is 0 Å². The van der Waals surface area contributed by atoms with Crippen molar-refractivity contribution in [1.29, 1.82) is 0 Å². The number of carbonyl (C=O) groups excluding carboxylic acids is 1. The van der Waals surface area contributed by atoms with Gasteiger partial charge >= 0.3 is 16.2 Å². The van der Waals surface area contributed by atoms with E-state index in [-0.39, 0.29) is 5.41 Å². The van der Waals surface area contributed by atoms with Gasteiger partial charge in [0.25, 0.3) is 0 Å². The summed E-state index contributed by atoms with van der Waals surface area (Å²) < 4.78 is 33.4. The third-order valence-electron chi connectivity index (χ3n) is 4.80. The zero-order chi connectivity index (χ0) is 20.9. The summed E-state index contributed by atoms with van der Waals surface area (Å²) in [4.78, 5) is 11.9. The van der Waals surface area contributed by atoms with E-state index in [0.29, 0.717) is 23.5 Å². The number of benzene rings is 2. The monoisotopic (exact) mass is 402 g/mol. The van der Waals surface area contributed by atoms with Gasteiger partial charge in [-0.2, -0.15) is 8.42 Å². The Bertz CT molecular complexity index is 1040. The number of hydrogen-bond acceptors (Lipinski definition) is 4. The van der Waals surface area contributed by atoms with Gasteiger partial charge in [-0.3, -0.25) is 8.61 Å². The number of anilines is 2. The molecule has 0 saturated carbocycles. The van der Waals surface area contributed by atoms with Crippen LogP contribution in [0.4, 0.5) is 11.4 Å². The fraction of sp³-hybridized carbons (Fsp3) is 0.381. The van der Waals surface area contributed by atoms with Gasteiger partial charge in [0.2, 0.25) is 0 Å². The van der Waals surface area contributed by atoms with Crippen LogP contribution in [0.3, 0.4) is 0 Å². The van der Waals surface area contributed by atoms with E-state index < -0.39 is 16.2 Å². The molecule has 1 aliphatic heterocycles. The molecular formula is C21H26N2O4S. The third kappa shape index (κ3) is 3.46. The van der Waals surface area contributed by atoms with E-state index in [4.69, 9.17) is 4.74 Å². The molecule has 0 bridgehead atoms. The smallest absolute Gasteiger partial charge is 0.337 e. The molecule has 0 aromatic heterocycles. The first-order chi connectivity index (χ1) is 13.0. The summed E-state index contributed by atoms with van der Waals surface area (Å²) in [6.45, 7) is 8.38. The van der Waals surface area contributed by atoms with Crippen LogP contribution in [0.1, 0.15) is 36.7 Å². The third-order valence-corrected chi connectivity index (χ3v) is 6.57. The van der Waals surface area contributed by atoms with E-state index in [2.05, 4.69) is 0 Å². The lowest BCUT2D eigenvalue weighted by Crippen LogP contribution is -2.40. The molecule has 1 heterocycles. The Labute approximate surface area is 166 Å². The Kier molecular flexibility index (Phi) is 4.91. The normalized spacial score (nSPS) is 15.5. The van der Waals surface area contributed by atoms with E-state index in [0.717, 1.165) is 16.7 Å². The SMILES string of the molecule is COC(=O)c1ccc(C)c(-c2ccc3c(c2)N(C)S(=O)(=O)N3CC(C)(C)C)c1. The van der Waals surface area contributed by atoms with Crippen molar-refractivity contribution in [3.05, 3.63) is 47.5 Å². The summed E-state index contributed by atoms with van der Waals surface area (Å²) in [6.07, 6.45) is 0. The van der Waals surface area contributed by atoms with Gasteiger partial charge in [0.15, 0.2) is 0 Å². The average molecular weight is 403 g/mol.